The van der Waals surface area contributed by atoms with E-state index in [1.54, 1.807) is 0 Å². The van der Waals surface area contributed by atoms with Crippen LogP contribution in [0.25, 0.3) is 0 Å². The van der Waals surface area contributed by atoms with Crippen molar-refractivity contribution < 1.29 is 21.6 Å². The first-order valence-corrected chi connectivity index (χ1v) is 8.41. The molecule has 0 radical (unpaired) electrons. The van der Waals surface area contributed by atoms with Gasteiger partial charge in [-0.15, -0.1) is 0 Å². The molecule has 0 amide bonds. The summed E-state index contributed by atoms with van der Waals surface area (Å²) in [5, 5.41) is 2.87. The van der Waals surface area contributed by atoms with Crippen LogP contribution in [0.4, 0.5) is 18.3 Å². The topological polar surface area (TPSA) is 75.2 Å². The van der Waals surface area contributed by atoms with E-state index in [1.807, 2.05) is 0 Å². The lowest BCUT2D eigenvalue weighted by Gasteiger charge is -2.31. The number of halogens is 3. The van der Waals surface area contributed by atoms with Gasteiger partial charge in [-0.3, -0.25) is 0 Å². The van der Waals surface area contributed by atoms with Crippen molar-refractivity contribution in [2.24, 2.45) is 0 Å². The maximum atomic E-state index is 12.4. The maximum Gasteiger partial charge on any atom is 0.452 e. The van der Waals surface area contributed by atoms with Gasteiger partial charge in [-0.1, -0.05) is 0 Å². The summed E-state index contributed by atoms with van der Waals surface area (Å²) in [5.41, 5.74) is 0. The number of aromatic nitrogens is 2. The van der Waals surface area contributed by atoms with Gasteiger partial charge in [-0.2, -0.15) is 22.5 Å². The molecule has 2 rings (SSSR count). The minimum Gasteiger partial charge on any atom is -0.356 e. The summed E-state index contributed by atoms with van der Waals surface area (Å²) in [7, 11) is -3.29. The Morgan fingerprint density at radius 3 is 2.70 bits per heavy atom. The minimum atomic E-state index is -4.57. The molecule has 0 bridgehead atoms. The first kappa shape index (κ1) is 15.4. The third-order valence-corrected chi connectivity index (χ3v) is 4.78. The van der Waals surface area contributed by atoms with Gasteiger partial charge in [0.1, 0.15) is 0 Å². The average molecular weight is 330 g/mol. The molecule has 11 heteroatoms. The van der Waals surface area contributed by atoms with Crippen LogP contribution in [-0.2, 0) is 16.2 Å². The predicted octanol–water partition coefficient (Wildman–Crippen LogP) is 1.39. The molecule has 1 aromatic heterocycles. The van der Waals surface area contributed by atoms with Crippen LogP contribution in [0.5, 0.6) is 0 Å². The molecule has 1 unspecified atom stereocenters. The van der Waals surface area contributed by atoms with Gasteiger partial charge in [-0.05, 0) is 12.8 Å². The third kappa shape index (κ3) is 3.79. The smallest absolute Gasteiger partial charge is 0.356 e. The van der Waals surface area contributed by atoms with E-state index in [1.165, 1.54) is 4.31 Å². The number of piperidine rings is 1. The highest BCUT2D eigenvalue weighted by Crippen LogP contribution is 2.29. The van der Waals surface area contributed by atoms with Gasteiger partial charge in [0.05, 0.1) is 6.26 Å². The highest BCUT2D eigenvalue weighted by atomic mass is 32.2. The lowest BCUT2D eigenvalue weighted by Crippen LogP contribution is -2.44. The molecule has 0 spiro atoms. The molecular formula is C9H13F3N4O2S2. The fourth-order valence-corrected chi connectivity index (χ4v) is 3.51. The Morgan fingerprint density at radius 1 is 1.45 bits per heavy atom. The van der Waals surface area contributed by atoms with E-state index in [9.17, 15) is 21.6 Å². The van der Waals surface area contributed by atoms with Crippen LogP contribution in [0.1, 0.15) is 18.7 Å². The number of alkyl halides is 3. The predicted molar refractivity (Wildman–Crippen MR) is 68.0 cm³/mol. The Bertz CT molecular complexity index is 572. The number of rotatable bonds is 3. The normalized spacial score (nSPS) is 21.9. The monoisotopic (exact) mass is 330 g/mol. The fraction of sp³-hybridized carbons (Fsp3) is 0.778. The maximum absolute atomic E-state index is 12.4. The highest BCUT2D eigenvalue weighted by Gasteiger charge is 2.36. The molecule has 6 nitrogen and oxygen atoms in total. The number of nitrogens with zero attached hydrogens (tertiary/aromatic N) is 3. The van der Waals surface area contributed by atoms with Crippen LogP contribution in [-0.4, -0.2) is 47.5 Å². The van der Waals surface area contributed by atoms with E-state index in [4.69, 9.17) is 0 Å². The molecule has 0 saturated carbocycles. The summed E-state index contributed by atoms with van der Waals surface area (Å²) in [6.45, 7) is 0.653. The first-order valence-electron chi connectivity index (χ1n) is 5.79. The molecule has 1 aliphatic heterocycles. The van der Waals surface area contributed by atoms with Gasteiger partial charge in [0, 0.05) is 30.7 Å². The molecule has 0 aromatic carbocycles. The van der Waals surface area contributed by atoms with Crippen molar-refractivity contribution in [2.75, 3.05) is 24.7 Å². The van der Waals surface area contributed by atoms with Crippen LogP contribution in [0, 0.1) is 0 Å². The molecule has 1 aliphatic rings. The molecule has 1 fully saturated rings. The van der Waals surface area contributed by atoms with Gasteiger partial charge >= 0.3 is 6.18 Å². The van der Waals surface area contributed by atoms with Crippen molar-refractivity contribution >= 4 is 26.7 Å². The largest absolute Gasteiger partial charge is 0.452 e. The number of sulfonamides is 1. The van der Waals surface area contributed by atoms with Gasteiger partial charge in [0.25, 0.3) is 0 Å². The second-order valence-corrected chi connectivity index (χ2v) is 7.26. The highest BCUT2D eigenvalue weighted by molar-refractivity contribution is 7.88. The molecule has 0 aliphatic carbocycles. The molecule has 1 saturated heterocycles. The number of hydrogen-bond acceptors (Lipinski definition) is 6. The Hall–Kier alpha value is -0.940. The van der Waals surface area contributed by atoms with Crippen LogP contribution in [0.2, 0.25) is 0 Å². The average Bonchev–Trinajstić information content (AvgIpc) is 2.76. The van der Waals surface area contributed by atoms with E-state index in [2.05, 4.69) is 14.7 Å². The summed E-state index contributed by atoms with van der Waals surface area (Å²) >= 11 is 0.619. The Kier molecular flexibility index (Phi) is 4.21. The molecule has 1 aromatic rings. The van der Waals surface area contributed by atoms with E-state index in [-0.39, 0.29) is 17.7 Å². The lowest BCUT2D eigenvalue weighted by molar-refractivity contribution is -0.144. The van der Waals surface area contributed by atoms with Gasteiger partial charge < -0.3 is 5.32 Å². The summed E-state index contributed by atoms with van der Waals surface area (Å²) < 4.78 is 64.5. The number of nitrogens with one attached hydrogen (secondary N) is 1. The minimum absolute atomic E-state index is 0.0534. The van der Waals surface area contributed by atoms with Crippen LogP contribution in [0.3, 0.4) is 0 Å². The zero-order valence-corrected chi connectivity index (χ0v) is 12.1. The number of hydrogen-bond donors (Lipinski definition) is 1. The van der Waals surface area contributed by atoms with Crippen molar-refractivity contribution in [3.05, 3.63) is 5.82 Å². The molecule has 1 N–H and O–H groups in total. The number of anilines is 1. The van der Waals surface area contributed by atoms with Gasteiger partial charge in [0.15, 0.2) is 0 Å². The van der Waals surface area contributed by atoms with E-state index < -0.39 is 22.0 Å². The van der Waals surface area contributed by atoms with Crippen molar-refractivity contribution in [1.29, 1.82) is 0 Å². The summed E-state index contributed by atoms with van der Waals surface area (Å²) in [4.78, 5) is 3.37. The second kappa shape index (κ2) is 5.45. The molecule has 2 heterocycles. The van der Waals surface area contributed by atoms with Gasteiger partial charge in [0.2, 0.25) is 21.0 Å². The lowest BCUT2D eigenvalue weighted by atomic mass is 10.1. The Morgan fingerprint density at radius 2 is 2.15 bits per heavy atom. The summed E-state index contributed by atoms with van der Waals surface area (Å²) in [6.07, 6.45) is -2.13. The Labute approximate surface area is 118 Å². The van der Waals surface area contributed by atoms with Crippen molar-refractivity contribution in [3.63, 3.8) is 0 Å². The zero-order chi connectivity index (χ0) is 15.0. The van der Waals surface area contributed by atoms with Gasteiger partial charge in [-0.25, -0.2) is 12.7 Å². The van der Waals surface area contributed by atoms with Crippen molar-refractivity contribution in [3.8, 4) is 0 Å². The van der Waals surface area contributed by atoms with Crippen LogP contribution >= 0.6 is 11.5 Å². The SMILES string of the molecule is CS(=O)(=O)N1CCCC(Nc2nc(C(F)(F)F)ns2)C1. The van der Waals surface area contributed by atoms with Crippen LogP contribution in [0.15, 0.2) is 0 Å². The summed E-state index contributed by atoms with van der Waals surface area (Å²) in [5.74, 6) is -1.18. The van der Waals surface area contributed by atoms with Crippen molar-refractivity contribution in [2.45, 2.75) is 25.1 Å². The quantitative estimate of drug-likeness (QED) is 0.906. The third-order valence-electron chi connectivity index (χ3n) is 2.86. The molecular weight excluding hydrogens is 317 g/mol. The van der Waals surface area contributed by atoms with E-state index >= 15 is 0 Å². The van der Waals surface area contributed by atoms with E-state index in [0.29, 0.717) is 30.9 Å². The first-order chi connectivity index (χ1) is 9.16. The second-order valence-electron chi connectivity index (χ2n) is 4.53. The zero-order valence-electron chi connectivity index (χ0n) is 10.5. The summed E-state index contributed by atoms with van der Waals surface area (Å²) in [6, 6.07) is -0.257. The molecule has 114 valence electrons. The Balaban J connectivity index is 2.01. The fourth-order valence-electron chi connectivity index (χ4n) is 1.93. The van der Waals surface area contributed by atoms with Crippen molar-refractivity contribution in [1.82, 2.24) is 13.7 Å². The molecule has 20 heavy (non-hydrogen) atoms. The molecule has 1 atom stereocenters. The standard InChI is InChI=1S/C9H13F3N4O2S2/c1-20(17,18)16-4-2-3-6(5-16)13-8-14-7(15-19-8)9(10,11)12/h6H,2-5H2,1H3,(H,13,14,15). The van der Waals surface area contributed by atoms with Crippen LogP contribution < -0.4 is 5.32 Å². The van der Waals surface area contributed by atoms with E-state index in [0.717, 1.165) is 6.26 Å².